The predicted molar refractivity (Wildman–Crippen MR) is 97.2 cm³/mol. The molecule has 2 aromatic rings. The first-order valence-electron chi connectivity index (χ1n) is 8.34. The average Bonchev–Trinajstić information content (AvgIpc) is 2.98. The molecule has 0 saturated carbocycles. The van der Waals surface area contributed by atoms with Crippen molar-refractivity contribution in [3.05, 3.63) is 77.4 Å². The molecule has 1 aliphatic rings. The Morgan fingerprint density at radius 3 is 2.04 bits per heavy atom. The summed E-state index contributed by atoms with van der Waals surface area (Å²) in [5, 5.41) is 10.7. The molecule has 0 aliphatic carbocycles. The molecule has 3 rings (SSSR count). The molecule has 1 atom stereocenters. The van der Waals surface area contributed by atoms with Gasteiger partial charge < -0.3 is 14.6 Å². The van der Waals surface area contributed by atoms with Crippen LogP contribution in [-0.4, -0.2) is 41.3 Å². The number of Topliss-reactive ketones (excluding diaryl/α,β-unsaturated/α-hetero) is 2. The van der Waals surface area contributed by atoms with Crippen LogP contribution < -0.4 is 0 Å². The molecule has 1 fully saturated rings. The van der Waals surface area contributed by atoms with E-state index in [1.807, 2.05) is 0 Å². The molecule has 1 N–H and O–H groups in total. The second-order valence-corrected chi connectivity index (χ2v) is 6.09. The fourth-order valence-corrected chi connectivity index (χ4v) is 3.04. The molecule has 2 aromatic carbocycles. The Hall–Kier alpha value is -3.74. The van der Waals surface area contributed by atoms with Gasteiger partial charge in [-0.05, 0) is 0 Å². The molecule has 0 radical (unpaired) electrons. The summed E-state index contributed by atoms with van der Waals surface area (Å²) in [5.74, 6) is -4.86. The Labute approximate surface area is 160 Å². The largest absolute Gasteiger partial charge is 0.507 e. The molecule has 7 nitrogen and oxygen atoms in total. The van der Waals surface area contributed by atoms with Gasteiger partial charge in [-0.1, -0.05) is 60.7 Å². The van der Waals surface area contributed by atoms with Crippen LogP contribution in [0, 0.1) is 0 Å². The molecule has 0 aromatic heterocycles. The van der Waals surface area contributed by atoms with Crippen LogP contribution in [0.25, 0.3) is 5.76 Å². The number of ketones is 2. The second-order valence-electron chi connectivity index (χ2n) is 6.09. The quantitative estimate of drug-likeness (QED) is 0.279. The minimum Gasteiger partial charge on any atom is -0.507 e. The summed E-state index contributed by atoms with van der Waals surface area (Å²) in [4.78, 5) is 49.8. The van der Waals surface area contributed by atoms with Gasteiger partial charge in [0.25, 0.3) is 5.78 Å². The summed E-state index contributed by atoms with van der Waals surface area (Å²) in [5.41, 5.74) is -2.54. The van der Waals surface area contributed by atoms with Crippen LogP contribution in [0.4, 0.5) is 0 Å². The second kappa shape index (κ2) is 7.48. The van der Waals surface area contributed by atoms with Crippen molar-refractivity contribution in [3.63, 3.8) is 0 Å². The summed E-state index contributed by atoms with van der Waals surface area (Å²) >= 11 is 0. The average molecular weight is 380 g/mol. The maximum absolute atomic E-state index is 12.7. The smallest absolute Gasteiger partial charge is 0.381 e. The Balaban J connectivity index is 2.17. The van der Waals surface area contributed by atoms with Crippen LogP contribution in [0.5, 0.6) is 0 Å². The van der Waals surface area contributed by atoms with Gasteiger partial charge in [0, 0.05) is 11.1 Å². The van der Waals surface area contributed by atoms with E-state index in [1.54, 1.807) is 36.4 Å². The number of cyclic esters (lactones) is 1. The normalized spacial score (nSPS) is 20.5. The minimum atomic E-state index is -2.37. The molecular formula is C21H16O7. The van der Waals surface area contributed by atoms with Crippen LogP contribution in [0.2, 0.25) is 0 Å². The van der Waals surface area contributed by atoms with Gasteiger partial charge in [0.2, 0.25) is 5.60 Å². The number of aliphatic hydroxyl groups is 1. The zero-order chi connectivity index (χ0) is 20.3. The van der Waals surface area contributed by atoms with E-state index in [0.29, 0.717) is 0 Å². The van der Waals surface area contributed by atoms with E-state index in [0.717, 1.165) is 7.11 Å². The lowest BCUT2D eigenvalue weighted by Gasteiger charge is -2.25. The number of carbonyl (C=O) groups is 4. The Morgan fingerprint density at radius 2 is 1.50 bits per heavy atom. The van der Waals surface area contributed by atoms with Crippen molar-refractivity contribution in [1.82, 2.24) is 0 Å². The van der Waals surface area contributed by atoms with Crippen LogP contribution in [0.3, 0.4) is 0 Å². The molecule has 0 spiro atoms. The summed E-state index contributed by atoms with van der Waals surface area (Å²) in [6.07, 6.45) is -0.687. The third-order valence-electron chi connectivity index (χ3n) is 4.39. The maximum atomic E-state index is 12.7. The first kappa shape index (κ1) is 19.0. The summed E-state index contributed by atoms with van der Waals surface area (Å²) < 4.78 is 9.78. The number of aliphatic hydroxyl groups excluding tert-OH is 1. The summed E-state index contributed by atoms with van der Waals surface area (Å²) in [6, 6.07) is 15.9. The number of ether oxygens (including phenoxy) is 2. The summed E-state index contributed by atoms with van der Waals surface area (Å²) in [6.45, 7) is 0. The number of hydrogen-bond acceptors (Lipinski definition) is 7. The third kappa shape index (κ3) is 3.18. The van der Waals surface area contributed by atoms with Crippen molar-refractivity contribution >= 4 is 29.3 Å². The molecule has 1 unspecified atom stereocenters. The van der Waals surface area contributed by atoms with Gasteiger partial charge in [-0.25, -0.2) is 9.59 Å². The minimum absolute atomic E-state index is 0.185. The van der Waals surface area contributed by atoms with E-state index in [4.69, 9.17) is 9.47 Å². The van der Waals surface area contributed by atoms with Crippen molar-refractivity contribution in [1.29, 1.82) is 0 Å². The van der Waals surface area contributed by atoms with Crippen molar-refractivity contribution in [2.24, 2.45) is 0 Å². The molecule has 1 aliphatic heterocycles. The van der Waals surface area contributed by atoms with Gasteiger partial charge in [-0.3, -0.25) is 9.59 Å². The number of carbonyl (C=O) groups excluding carboxylic acids is 4. The highest BCUT2D eigenvalue weighted by Gasteiger charge is 2.60. The fraction of sp³-hybridized carbons (Fsp3) is 0.143. The summed E-state index contributed by atoms with van der Waals surface area (Å²) in [7, 11) is 1.03. The SMILES string of the molecule is COC(=O)C1(CC(=O)c2ccccc2)OC(=O)C(=O)C1=C(O)c1ccccc1. The lowest BCUT2D eigenvalue weighted by atomic mass is 9.84. The van der Waals surface area contributed by atoms with E-state index in [1.165, 1.54) is 24.3 Å². The predicted octanol–water partition coefficient (Wildman–Crippen LogP) is 2.27. The molecule has 142 valence electrons. The number of esters is 2. The van der Waals surface area contributed by atoms with E-state index >= 15 is 0 Å². The van der Waals surface area contributed by atoms with Crippen LogP contribution in [-0.2, 0) is 23.9 Å². The Kier molecular flexibility index (Phi) is 5.08. The van der Waals surface area contributed by atoms with Crippen LogP contribution >= 0.6 is 0 Å². The zero-order valence-corrected chi connectivity index (χ0v) is 14.9. The molecule has 28 heavy (non-hydrogen) atoms. The van der Waals surface area contributed by atoms with Crippen molar-refractivity contribution in [2.45, 2.75) is 12.0 Å². The van der Waals surface area contributed by atoms with Crippen molar-refractivity contribution in [2.75, 3.05) is 7.11 Å². The highest BCUT2D eigenvalue weighted by molar-refractivity contribution is 6.46. The molecule has 1 saturated heterocycles. The molecule has 0 amide bonds. The van der Waals surface area contributed by atoms with E-state index < -0.39 is 46.9 Å². The standard InChI is InChI=1S/C21H16O7/c1-27-20(26)21(12-15(22)13-8-4-2-5-9-13)16(18(24)19(25)28-21)17(23)14-10-6-3-7-11-14/h2-11,23H,12H2,1H3. The topological polar surface area (TPSA) is 107 Å². The van der Waals surface area contributed by atoms with Gasteiger partial charge >= 0.3 is 11.9 Å². The Morgan fingerprint density at radius 1 is 0.964 bits per heavy atom. The van der Waals surface area contributed by atoms with Gasteiger partial charge in [-0.15, -0.1) is 0 Å². The molecular weight excluding hydrogens is 364 g/mol. The first-order chi connectivity index (χ1) is 13.4. The van der Waals surface area contributed by atoms with Crippen LogP contribution in [0.1, 0.15) is 22.3 Å². The number of rotatable bonds is 5. The first-order valence-corrected chi connectivity index (χ1v) is 8.34. The molecule has 0 bridgehead atoms. The number of methoxy groups -OCH3 is 1. The maximum Gasteiger partial charge on any atom is 0.381 e. The van der Waals surface area contributed by atoms with E-state index in [2.05, 4.69) is 0 Å². The van der Waals surface area contributed by atoms with E-state index in [-0.39, 0.29) is 11.1 Å². The van der Waals surface area contributed by atoms with E-state index in [9.17, 15) is 24.3 Å². The highest BCUT2D eigenvalue weighted by Crippen LogP contribution is 2.39. The van der Waals surface area contributed by atoms with Gasteiger partial charge in [-0.2, -0.15) is 0 Å². The number of benzene rings is 2. The monoisotopic (exact) mass is 380 g/mol. The number of hydrogen-bond donors (Lipinski definition) is 1. The lowest BCUT2D eigenvalue weighted by Crippen LogP contribution is -2.44. The van der Waals surface area contributed by atoms with Crippen molar-refractivity contribution < 1.29 is 33.8 Å². The lowest BCUT2D eigenvalue weighted by molar-refractivity contribution is -0.169. The third-order valence-corrected chi connectivity index (χ3v) is 4.39. The molecule has 7 heteroatoms. The van der Waals surface area contributed by atoms with Crippen molar-refractivity contribution in [3.8, 4) is 0 Å². The molecule has 1 heterocycles. The van der Waals surface area contributed by atoms with Gasteiger partial charge in [0.05, 0.1) is 13.5 Å². The highest BCUT2D eigenvalue weighted by atomic mass is 16.6. The van der Waals surface area contributed by atoms with Gasteiger partial charge in [0.15, 0.2) is 5.78 Å². The Bertz CT molecular complexity index is 976. The van der Waals surface area contributed by atoms with Crippen LogP contribution in [0.15, 0.2) is 66.2 Å². The fourth-order valence-electron chi connectivity index (χ4n) is 3.04. The zero-order valence-electron chi connectivity index (χ0n) is 14.9. The van der Waals surface area contributed by atoms with Gasteiger partial charge in [0.1, 0.15) is 11.3 Å².